The highest BCUT2D eigenvalue weighted by Gasteiger charge is 2.36. The van der Waals surface area contributed by atoms with E-state index in [1.54, 1.807) is 0 Å². The molecule has 0 aromatic carbocycles. The number of hydrogen-bond donors (Lipinski definition) is 0. The lowest BCUT2D eigenvalue weighted by Crippen LogP contribution is -2.51. The van der Waals surface area contributed by atoms with Crippen molar-refractivity contribution < 1.29 is 0 Å². The van der Waals surface area contributed by atoms with Crippen LogP contribution in [0.3, 0.4) is 0 Å². The largest absolute Gasteiger partial charge is 0.293 e. The molecule has 0 aromatic heterocycles. The smallest absolute Gasteiger partial charge is 0.0166 e. The van der Waals surface area contributed by atoms with E-state index in [1.165, 1.54) is 38.5 Å². The summed E-state index contributed by atoms with van der Waals surface area (Å²) in [5.41, 5.74) is 0. The van der Waals surface area contributed by atoms with E-state index in [-0.39, 0.29) is 0 Å². The van der Waals surface area contributed by atoms with E-state index >= 15 is 0 Å². The van der Waals surface area contributed by atoms with E-state index in [4.69, 9.17) is 0 Å². The first kappa shape index (κ1) is 11.9. The first-order valence-electron chi connectivity index (χ1n) is 6.84. The third kappa shape index (κ3) is 2.40. The average molecular weight is 219 g/mol. The van der Waals surface area contributed by atoms with E-state index in [1.807, 2.05) is 0 Å². The molecule has 1 nitrogen and oxygen atoms in total. The molecular weight excluding hydrogens is 194 g/mol. The van der Waals surface area contributed by atoms with E-state index in [9.17, 15) is 0 Å². The standard InChI is InChI=1S/C15H25N/c1-3-7-14-11-10-13-8-5-6-9-15(13)16(14)12-4-2/h3-4,13-15H,1-2,5-12H2. The van der Waals surface area contributed by atoms with E-state index in [2.05, 4.69) is 30.2 Å². The van der Waals surface area contributed by atoms with Crippen LogP contribution in [0.2, 0.25) is 0 Å². The zero-order chi connectivity index (χ0) is 11.4. The number of hydrogen-bond acceptors (Lipinski definition) is 1. The summed E-state index contributed by atoms with van der Waals surface area (Å²) in [7, 11) is 0. The maximum absolute atomic E-state index is 3.92. The predicted octanol–water partition coefficient (Wildman–Crippen LogP) is 3.77. The highest BCUT2D eigenvalue weighted by Crippen LogP contribution is 2.38. The van der Waals surface area contributed by atoms with Gasteiger partial charge < -0.3 is 0 Å². The Labute approximate surface area is 100 Å². The molecule has 3 unspecified atom stereocenters. The average Bonchev–Trinajstić information content (AvgIpc) is 2.32. The minimum absolute atomic E-state index is 0.731. The summed E-state index contributed by atoms with van der Waals surface area (Å²) < 4.78 is 0. The molecule has 0 radical (unpaired) electrons. The van der Waals surface area contributed by atoms with Gasteiger partial charge in [0.15, 0.2) is 0 Å². The molecule has 1 heteroatoms. The van der Waals surface area contributed by atoms with Gasteiger partial charge in [-0.3, -0.25) is 4.90 Å². The first-order chi connectivity index (χ1) is 7.86. The van der Waals surface area contributed by atoms with Gasteiger partial charge in [-0.05, 0) is 38.0 Å². The molecule has 16 heavy (non-hydrogen) atoms. The van der Waals surface area contributed by atoms with Gasteiger partial charge in [0.2, 0.25) is 0 Å². The Bertz CT molecular complexity index is 246. The van der Waals surface area contributed by atoms with Crippen LogP contribution in [-0.2, 0) is 0 Å². The quantitative estimate of drug-likeness (QED) is 0.651. The molecule has 0 spiro atoms. The van der Waals surface area contributed by atoms with Crippen LogP contribution < -0.4 is 0 Å². The zero-order valence-electron chi connectivity index (χ0n) is 10.4. The maximum atomic E-state index is 3.92. The summed E-state index contributed by atoms with van der Waals surface area (Å²) >= 11 is 0. The van der Waals surface area contributed by atoms with Gasteiger partial charge in [0.1, 0.15) is 0 Å². The number of piperidine rings is 1. The van der Waals surface area contributed by atoms with Crippen LogP contribution in [0.15, 0.2) is 25.3 Å². The molecule has 90 valence electrons. The fourth-order valence-corrected chi connectivity index (χ4v) is 3.68. The molecule has 3 atom stereocenters. The van der Waals surface area contributed by atoms with Gasteiger partial charge in [-0.25, -0.2) is 0 Å². The second kappa shape index (κ2) is 5.67. The monoisotopic (exact) mass is 219 g/mol. The van der Waals surface area contributed by atoms with E-state index in [0.29, 0.717) is 0 Å². The van der Waals surface area contributed by atoms with Gasteiger partial charge in [-0.1, -0.05) is 25.0 Å². The summed E-state index contributed by atoms with van der Waals surface area (Å²) in [6.07, 6.45) is 13.9. The van der Waals surface area contributed by atoms with Gasteiger partial charge >= 0.3 is 0 Å². The van der Waals surface area contributed by atoms with E-state index in [0.717, 1.165) is 31.0 Å². The van der Waals surface area contributed by atoms with Crippen LogP contribution in [-0.4, -0.2) is 23.5 Å². The van der Waals surface area contributed by atoms with Crippen LogP contribution in [0.5, 0.6) is 0 Å². The second-order valence-corrected chi connectivity index (χ2v) is 5.35. The third-order valence-corrected chi connectivity index (χ3v) is 4.41. The van der Waals surface area contributed by atoms with Crippen LogP contribution in [0.4, 0.5) is 0 Å². The molecule has 0 N–H and O–H groups in total. The minimum Gasteiger partial charge on any atom is -0.293 e. The van der Waals surface area contributed by atoms with Crippen molar-refractivity contribution in [3.8, 4) is 0 Å². The SMILES string of the molecule is C=CCC1CCC2CCCCC2N1CC=C. The fraction of sp³-hybridized carbons (Fsp3) is 0.733. The Kier molecular flexibility index (Phi) is 4.22. The molecule has 1 saturated carbocycles. The van der Waals surface area contributed by atoms with Gasteiger partial charge in [-0.15, -0.1) is 13.2 Å². The van der Waals surface area contributed by atoms with Crippen molar-refractivity contribution in [2.75, 3.05) is 6.54 Å². The van der Waals surface area contributed by atoms with Gasteiger partial charge in [0.05, 0.1) is 0 Å². The Morgan fingerprint density at radius 3 is 2.56 bits per heavy atom. The molecule has 1 heterocycles. The summed E-state index contributed by atoms with van der Waals surface area (Å²) in [4.78, 5) is 2.71. The zero-order valence-corrected chi connectivity index (χ0v) is 10.4. The summed E-state index contributed by atoms with van der Waals surface area (Å²) in [6, 6.07) is 1.57. The summed E-state index contributed by atoms with van der Waals surface area (Å²) in [5.74, 6) is 0.967. The molecule has 2 fully saturated rings. The highest BCUT2D eigenvalue weighted by molar-refractivity contribution is 4.96. The Hall–Kier alpha value is -0.560. The Balaban J connectivity index is 2.06. The first-order valence-corrected chi connectivity index (χ1v) is 6.84. The second-order valence-electron chi connectivity index (χ2n) is 5.35. The Morgan fingerprint density at radius 2 is 1.81 bits per heavy atom. The van der Waals surface area contributed by atoms with Crippen molar-refractivity contribution >= 4 is 0 Å². The van der Waals surface area contributed by atoms with Crippen LogP contribution in [0, 0.1) is 5.92 Å². The normalized spacial score (nSPS) is 35.4. The van der Waals surface area contributed by atoms with Crippen LogP contribution >= 0.6 is 0 Å². The van der Waals surface area contributed by atoms with E-state index < -0.39 is 0 Å². The molecule has 1 aliphatic heterocycles. The lowest BCUT2D eigenvalue weighted by Gasteiger charge is -2.48. The third-order valence-electron chi connectivity index (χ3n) is 4.41. The molecular formula is C15H25N. The number of rotatable bonds is 4. The minimum atomic E-state index is 0.731. The number of likely N-dealkylation sites (tertiary alicyclic amines) is 1. The van der Waals surface area contributed by atoms with Crippen molar-refractivity contribution in [1.82, 2.24) is 4.90 Å². The molecule has 0 bridgehead atoms. The van der Waals surface area contributed by atoms with Crippen molar-refractivity contribution in [1.29, 1.82) is 0 Å². The van der Waals surface area contributed by atoms with Crippen molar-refractivity contribution in [2.24, 2.45) is 5.92 Å². The molecule has 1 aliphatic carbocycles. The fourth-order valence-electron chi connectivity index (χ4n) is 3.68. The van der Waals surface area contributed by atoms with Gasteiger partial charge in [0, 0.05) is 18.6 Å². The summed E-state index contributed by atoms with van der Waals surface area (Å²) in [6.45, 7) is 8.89. The van der Waals surface area contributed by atoms with Crippen molar-refractivity contribution in [3.05, 3.63) is 25.3 Å². The van der Waals surface area contributed by atoms with Gasteiger partial charge in [-0.2, -0.15) is 0 Å². The lowest BCUT2D eigenvalue weighted by atomic mass is 9.76. The highest BCUT2D eigenvalue weighted by atomic mass is 15.2. The van der Waals surface area contributed by atoms with Crippen LogP contribution in [0.25, 0.3) is 0 Å². The Morgan fingerprint density at radius 1 is 1.00 bits per heavy atom. The van der Waals surface area contributed by atoms with Crippen LogP contribution in [0.1, 0.15) is 44.9 Å². The van der Waals surface area contributed by atoms with Crippen molar-refractivity contribution in [2.45, 2.75) is 57.0 Å². The van der Waals surface area contributed by atoms with Gasteiger partial charge in [0.25, 0.3) is 0 Å². The number of fused-ring (bicyclic) bond motifs is 1. The topological polar surface area (TPSA) is 3.24 Å². The lowest BCUT2D eigenvalue weighted by molar-refractivity contribution is 0.0257. The molecule has 0 aromatic rings. The van der Waals surface area contributed by atoms with Crippen molar-refractivity contribution in [3.63, 3.8) is 0 Å². The molecule has 0 amide bonds. The molecule has 1 saturated heterocycles. The predicted molar refractivity (Wildman–Crippen MR) is 70.5 cm³/mol. The number of nitrogens with zero attached hydrogens (tertiary/aromatic N) is 1. The maximum Gasteiger partial charge on any atom is 0.0166 e. The molecule has 2 rings (SSSR count). The summed E-state index contributed by atoms with van der Waals surface area (Å²) in [5, 5.41) is 0. The molecule has 2 aliphatic rings.